The molecule has 24 heavy (non-hydrogen) atoms. The lowest BCUT2D eigenvalue weighted by atomic mass is 10.1. The number of halogens is 5. The Kier molecular flexibility index (Phi) is 4.82. The van der Waals surface area contributed by atoms with Crippen molar-refractivity contribution < 1.29 is 23.0 Å². The molecule has 0 aromatic heterocycles. The largest absolute Gasteiger partial charge is 0.416 e. The molecule has 0 spiro atoms. The average Bonchev–Trinajstić information content (AvgIpc) is 3.04. The number of nitrogens with zero attached hydrogens (tertiary/aromatic N) is 2. The number of nitro groups is 2. The minimum Gasteiger partial charge on any atom is -0.374 e. The summed E-state index contributed by atoms with van der Waals surface area (Å²) in [4.78, 5) is 19.8. The van der Waals surface area contributed by atoms with Crippen LogP contribution in [0.5, 0.6) is 0 Å². The number of nitro benzene ring substituents is 2. The molecule has 1 aromatic rings. The van der Waals surface area contributed by atoms with Crippen molar-refractivity contribution in [1.29, 1.82) is 0 Å². The van der Waals surface area contributed by atoms with E-state index >= 15 is 0 Å². The summed E-state index contributed by atoms with van der Waals surface area (Å²) < 4.78 is 37.4. The van der Waals surface area contributed by atoms with Crippen LogP contribution in [0.3, 0.4) is 0 Å². The highest BCUT2D eigenvalue weighted by molar-refractivity contribution is 6.50. The van der Waals surface area contributed by atoms with Gasteiger partial charge in [0.15, 0.2) is 5.69 Å². The van der Waals surface area contributed by atoms with Gasteiger partial charge in [-0.25, -0.2) is 0 Å². The Morgan fingerprint density at radius 1 is 1.21 bits per heavy atom. The summed E-state index contributed by atoms with van der Waals surface area (Å²) in [7, 11) is 0. The topological polar surface area (TPSA) is 98.3 Å². The molecule has 0 unspecified atom stereocenters. The van der Waals surface area contributed by atoms with E-state index in [-0.39, 0.29) is 24.6 Å². The van der Waals surface area contributed by atoms with Gasteiger partial charge in [-0.1, -0.05) is 0 Å². The molecule has 12 heteroatoms. The Morgan fingerprint density at radius 2 is 1.67 bits per heavy atom. The van der Waals surface area contributed by atoms with Gasteiger partial charge in [0, 0.05) is 18.7 Å². The summed E-state index contributed by atoms with van der Waals surface area (Å²) in [5.74, 6) is -0.0825. The van der Waals surface area contributed by atoms with Crippen molar-refractivity contribution in [2.75, 3.05) is 11.9 Å². The van der Waals surface area contributed by atoms with Gasteiger partial charge < -0.3 is 5.32 Å². The normalized spacial score (nSPS) is 19.0. The van der Waals surface area contributed by atoms with E-state index in [1.54, 1.807) is 0 Å². The van der Waals surface area contributed by atoms with Crippen molar-refractivity contribution in [3.63, 3.8) is 0 Å². The van der Waals surface area contributed by atoms with Crippen LogP contribution in [-0.2, 0) is 6.18 Å². The highest BCUT2D eigenvalue weighted by Crippen LogP contribution is 2.55. The number of rotatable bonds is 6. The van der Waals surface area contributed by atoms with Crippen LogP contribution in [0.2, 0.25) is 0 Å². The minimum absolute atomic E-state index is 0.0406. The van der Waals surface area contributed by atoms with Gasteiger partial charge in [-0.2, -0.15) is 13.2 Å². The molecule has 1 aliphatic carbocycles. The summed E-state index contributed by atoms with van der Waals surface area (Å²) in [6, 6.07) is 0.527. The summed E-state index contributed by atoms with van der Waals surface area (Å²) in [5.41, 5.74) is -4.08. The van der Waals surface area contributed by atoms with Crippen LogP contribution < -0.4 is 5.32 Å². The molecule has 0 radical (unpaired) electrons. The Balaban J connectivity index is 2.33. The van der Waals surface area contributed by atoms with Crippen molar-refractivity contribution >= 4 is 40.3 Å². The molecular weight excluding hydrogens is 378 g/mol. The Bertz CT molecular complexity index is 662. The molecule has 1 N–H and O–H groups in total. The van der Waals surface area contributed by atoms with Crippen molar-refractivity contribution in [3.05, 3.63) is 37.9 Å². The fourth-order valence-electron chi connectivity index (χ4n) is 2.20. The number of benzene rings is 1. The molecule has 0 aliphatic heterocycles. The highest BCUT2D eigenvalue weighted by atomic mass is 35.5. The fourth-order valence-corrected chi connectivity index (χ4v) is 2.79. The van der Waals surface area contributed by atoms with Gasteiger partial charge >= 0.3 is 6.18 Å². The molecular formula is C12H10Cl2F3N3O4. The number of nitrogens with one attached hydrogen (secondary N) is 1. The lowest BCUT2D eigenvalue weighted by Gasteiger charge is -2.11. The monoisotopic (exact) mass is 387 g/mol. The third-order valence-corrected chi connectivity index (χ3v) is 4.49. The van der Waals surface area contributed by atoms with E-state index < -0.39 is 43.0 Å². The second kappa shape index (κ2) is 6.25. The van der Waals surface area contributed by atoms with Crippen LogP contribution in [0.4, 0.5) is 30.2 Å². The van der Waals surface area contributed by atoms with Crippen molar-refractivity contribution in [2.24, 2.45) is 5.92 Å². The molecule has 1 fully saturated rings. The maximum absolute atomic E-state index is 12.8. The Hall–Kier alpha value is -1.81. The molecule has 0 heterocycles. The summed E-state index contributed by atoms with van der Waals surface area (Å²) in [6.07, 6.45) is -4.07. The molecule has 1 saturated carbocycles. The number of alkyl halides is 5. The first-order valence-corrected chi connectivity index (χ1v) is 7.35. The molecule has 7 nitrogen and oxygen atoms in total. The third kappa shape index (κ3) is 3.99. The van der Waals surface area contributed by atoms with Gasteiger partial charge in [0.25, 0.3) is 11.4 Å². The maximum Gasteiger partial charge on any atom is 0.416 e. The van der Waals surface area contributed by atoms with E-state index in [0.29, 0.717) is 12.8 Å². The van der Waals surface area contributed by atoms with Gasteiger partial charge in [0.1, 0.15) is 4.33 Å². The predicted molar refractivity (Wildman–Crippen MR) is 80.4 cm³/mol. The zero-order valence-corrected chi connectivity index (χ0v) is 13.3. The van der Waals surface area contributed by atoms with E-state index in [0.717, 1.165) is 0 Å². The predicted octanol–water partition coefficient (Wildman–Crippen LogP) is 4.52. The summed E-state index contributed by atoms with van der Waals surface area (Å²) in [5, 5.41) is 24.5. The number of hydrogen-bond donors (Lipinski definition) is 1. The van der Waals surface area contributed by atoms with Gasteiger partial charge in [0.05, 0.1) is 15.4 Å². The molecule has 0 amide bonds. The lowest BCUT2D eigenvalue weighted by Crippen LogP contribution is -2.12. The number of hydrogen-bond acceptors (Lipinski definition) is 5. The summed E-state index contributed by atoms with van der Waals surface area (Å²) in [6.45, 7) is 0.0406. The Labute approximate surface area is 143 Å². The minimum atomic E-state index is -4.95. The van der Waals surface area contributed by atoms with Crippen LogP contribution >= 0.6 is 23.2 Å². The standard InChI is InChI=1S/C12H10Cl2F3N3O4/c13-11(14)5-6(11)1-2-18-10-8(19(21)22)3-7(12(15,16)17)4-9(10)20(23)24/h3-4,6,18H,1-2,5H2/t6-/m0/s1. The van der Waals surface area contributed by atoms with Crippen LogP contribution in [-0.4, -0.2) is 20.7 Å². The van der Waals surface area contributed by atoms with Crippen LogP contribution in [0.15, 0.2) is 12.1 Å². The second-order valence-electron chi connectivity index (χ2n) is 5.28. The SMILES string of the molecule is O=[N+]([O-])c1cc(C(F)(F)F)cc([N+](=O)[O-])c1NCC[C@H]1CC1(Cl)Cl. The molecule has 1 atom stereocenters. The molecule has 1 aliphatic rings. The van der Waals surface area contributed by atoms with Crippen LogP contribution in [0.25, 0.3) is 0 Å². The first-order chi connectivity index (χ1) is 10.9. The van der Waals surface area contributed by atoms with Gasteiger partial charge in [-0.15, -0.1) is 23.2 Å². The smallest absolute Gasteiger partial charge is 0.374 e. The number of anilines is 1. The quantitative estimate of drug-likeness (QED) is 0.439. The first-order valence-electron chi connectivity index (χ1n) is 6.59. The molecule has 0 bridgehead atoms. The molecule has 0 saturated heterocycles. The average molecular weight is 388 g/mol. The van der Waals surface area contributed by atoms with Gasteiger partial charge in [0.2, 0.25) is 0 Å². The third-order valence-electron chi connectivity index (χ3n) is 3.57. The molecule has 132 valence electrons. The van der Waals surface area contributed by atoms with Gasteiger partial charge in [-0.3, -0.25) is 20.2 Å². The zero-order valence-electron chi connectivity index (χ0n) is 11.8. The summed E-state index contributed by atoms with van der Waals surface area (Å²) >= 11 is 11.6. The Morgan fingerprint density at radius 3 is 2.00 bits per heavy atom. The van der Waals surface area contributed by atoms with Gasteiger partial charge in [-0.05, 0) is 18.8 Å². The molecule has 2 rings (SSSR count). The van der Waals surface area contributed by atoms with E-state index in [9.17, 15) is 33.4 Å². The molecule has 1 aromatic carbocycles. The van der Waals surface area contributed by atoms with E-state index in [2.05, 4.69) is 5.32 Å². The lowest BCUT2D eigenvalue weighted by molar-refractivity contribution is -0.392. The van der Waals surface area contributed by atoms with Crippen molar-refractivity contribution in [3.8, 4) is 0 Å². The van der Waals surface area contributed by atoms with E-state index in [4.69, 9.17) is 23.2 Å². The fraction of sp³-hybridized carbons (Fsp3) is 0.500. The van der Waals surface area contributed by atoms with E-state index in [1.165, 1.54) is 0 Å². The van der Waals surface area contributed by atoms with Crippen LogP contribution in [0.1, 0.15) is 18.4 Å². The van der Waals surface area contributed by atoms with E-state index in [1.807, 2.05) is 0 Å². The van der Waals surface area contributed by atoms with Crippen molar-refractivity contribution in [1.82, 2.24) is 0 Å². The highest BCUT2D eigenvalue weighted by Gasteiger charge is 2.50. The van der Waals surface area contributed by atoms with Crippen LogP contribution in [0, 0.1) is 26.1 Å². The maximum atomic E-state index is 12.8. The first kappa shape index (κ1) is 18.5. The zero-order chi connectivity index (χ0) is 18.3. The second-order valence-corrected chi connectivity index (χ2v) is 6.82. The van der Waals surface area contributed by atoms with Crippen molar-refractivity contribution in [2.45, 2.75) is 23.4 Å².